The van der Waals surface area contributed by atoms with E-state index in [1.54, 1.807) is 38.4 Å². The fraction of sp³-hybridized carbons (Fsp3) is 0.424. The van der Waals surface area contributed by atoms with Crippen LogP contribution in [0.1, 0.15) is 45.5 Å². The van der Waals surface area contributed by atoms with Crippen LogP contribution in [0.2, 0.25) is 0 Å². The van der Waals surface area contributed by atoms with Crippen LogP contribution in [0.3, 0.4) is 0 Å². The number of phenolic OH excluding ortho intramolecular Hbond substituents is 1. The predicted octanol–water partition coefficient (Wildman–Crippen LogP) is 4.65. The van der Waals surface area contributed by atoms with Gasteiger partial charge in [0.05, 0.1) is 59.8 Å². The average Bonchev–Trinajstić information content (AvgIpc) is 2.99. The first-order valence-corrected chi connectivity index (χ1v) is 14.2. The van der Waals surface area contributed by atoms with E-state index in [1.165, 1.54) is 7.11 Å². The Hall–Kier alpha value is -4.15. The lowest BCUT2D eigenvalue weighted by molar-refractivity contribution is -0.145. The molecule has 2 bridgehead atoms. The van der Waals surface area contributed by atoms with Crippen molar-refractivity contribution in [1.29, 1.82) is 0 Å². The van der Waals surface area contributed by atoms with Gasteiger partial charge in [0.25, 0.3) is 0 Å². The third-order valence-electron chi connectivity index (χ3n) is 8.68. The van der Waals surface area contributed by atoms with E-state index in [9.17, 15) is 9.90 Å². The lowest BCUT2D eigenvalue weighted by atomic mass is 9.77. The van der Waals surface area contributed by atoms with Crippen LogP contribution in [0, 0.1) is 13.8 Å². The molecule has 0 saturated carbocycles. The normalized spacial score (nSPS) is 20.3. The number of amides is 1. The summed E-state index contributed by atoms with van der Waals surface area (Å²) in [5, 5.41) is 11.7. The van der Waals surface area contributed by atoms with Gasteiger partial charge < -0.3 is 38.4 Å². The number of piperazine rings is 1. The Balaban J connectivity index is 1.87. The minimum Gasteiger partial charge on any atom is -0.504 e. The molecule has 10 heteroatoms. The maximum absolute atomic E-state index is 14.6. The van der Waals surface area contributed by atoms with Crippen molar-refractivity contribution in [2.24, 2.45) is 0 Å². The van der Waals surface area contributed by atoms with E-state index in [0.29, 0.717) is 64.2 Å². The number of likely N-dealkylation sites (N-methyl/N-ethyl adjacent to an activating group) is 1. The zero-order valence-electron chi connectivity index (χ0n) is 25.9. The summed E-state index contributed by atoms with van der Waals surface area (Å²) in [6.07, 6.45) is 5.63. The zero-order chi connectivity index (χ0) is 31.2. The van der Waals surface area contributed by atoms with Gasteiger partial charge in [-0.15, -0.1) is 6.58 Å². The predicted molar refractivity (Wildman–Crippen MR) is 162 cm³/mol. The van der Waals surface area contributed by atoms with Gasteiger partial charge in [-0.25, -0.2) is 0 Å². The van der Waals surface area contributed by atoms with E-state index in [2.05, 4.69) is 13.2 Å². The maximum atomic E-state index is 14.6. The second-order valence-electron chi connectivity index (χ2n) is 10.8. The van der Waals surface area contributed by atoms with Crippen molar-refractivity contribution in [2.75, 3.05) is 55.3 Å². The Labute approximate surface area is 252 Å². The minimum absolute atomic E-state index is 0.0273. The van der Waals surface area contributed by atoms with E-state index in [-0.39, 0.29) is 24.9 Å². The third-order valence-corrected chi connectivity index (χ3v) is 8.68. The maximum Gasteiger partial charge on any atom is 0.245 e. The highest BCUT2D eigenvalue weighted by Crippen LogP contribution is 2.59. The van der Waals surface area contributed by atoms with Gasteiger partial charge in [-0.05, 0) is 27.0 Å². The number of fused-ring (bicyclic) bond motifs is 7. The second kappa shape index (κ2) is 11.9. The van der Waals surface area contributed by atoms with Gasteiger partial charge in [-0.3, -0.25) is 9.69 Å². The molecule has 0 unspecified atom stereocenters. The lowest BCUT2D eigenvalue weighted by Gasteiger charge is -2.53. The quantitative estimate of drug-likeness (QED) is 0.295. The number of carbonyl (C=O) groups is 1. The molecule has 1 amide bonds. The minimum atomic E-state index is -0.595. The van der Waals surface area contributed by atoms with Crippen LogP contribution < -0.4 is 23.7 Å². The van der Waals surface area contributed by atoms with Crippen molar-refractivity contribution >= 4 is 12.0 Å². The average molecular weight is 593 g/mol. The molecular formula is C33H40N2O8. The molecule has 2 aromatic rings. The number of hydrogen-bond acceptors (Lipinski definition) is 9. The fourth-order valence-electron chi connectivity index (χ4n) is 6.97. The number of phenols is 1. The van der Waals surface area contributed by atoms with Gasteiger partial charge in [0.2, 0.25) is 5.91 Å². The van der Waals surface area contributed by atoms with Gasteiger partial charge in [-0.2, -0.15) is 0 Å². The number of ether oxygens (including phenoxy) is 6. The van der Waals surface area contributed by atoms with Crippen molar-refractivity contribution in [3.63, 3.8) is 0 Å². The van der Waals surface area contributed by atoms with Gasteiger partial charge in [0.15, 0.2) is 23.0 Å². The Morgan fingerprint density at radius 1 is 0.907 bits per heavy atom. The molecule has 43 heavy (non-hydrogen) atoms. The number of rotatable bonds is 11. The molecule has 1 saturated heterocycles. The van der Waals surface area contributed by atoms with E-state index in [4.69, 9.17) is 28.4 Å². The highest BCUT2D eigenvalue weighted by atomic mass is 16.5. The molecule has 3 heterocycles. The lowest BCUT2D eigenvalue weighted by Crippen LogP contribution is -2.60. The molecule has 3 aliphatic heterocycles. The molecule has 1 fully saturated rings. The number of aromatic hydroxyl groups is 1. The molecular weight excluding hydrogens is 552 g/mol. The zero-order valence-corrected chi connectivity index (χ0v) is 25.9. The summed E-state index contributed by atoms with van der Waals surface area (Å²) >= 11 is 0. The number of methoxy groups -OCH3 is 4. The standard InChI is InChI=1S/C33H40N2O8/c1-10-12-42-16-23-24-19(29(39-7)18(4)31(41-9)32(24)43-13-11-2)14-21-26-25-20(15-22(34(26)5)33(37)35(21)23)28(38-6)17(3)30(40-8)27(25)36/h10-11,14,22-23,26,36H,1-2,12-13,15-16H2,3-9H3/t22-,23-,26-/m0/s1. The van der Waals surface area contributed by atoms with Crippen molar-refractivity contribution in [1.82, 2.24) is 9.80 Å². The van der Waals surface area contributed by atoms with Crippen molar-refractivity contribution in [2.45, 2.75) is 38.4 Å². The summed E-state index contributed by atoms with van der Waals surface area (Å²) in [7, 11) is 8.20. The molecule has 0 aliphatic carbocycles. The Morgan fingerprint density at radius 3 is 2.14 bits per heavy atom. The summed E-state index contributed by atoms with van der Waals surface area (Å²) in [4.78, 5) is 18.4. The highest BCUT2D eigenvalue weighted by Gasteiger charge is 2.53. The molecule has 3 atom stereocenters. The summed E-state index contributed by atoms with van der Waals surface area (Å²) in [6, 6.07) is -1.62. The van der Waals surface area contributed by atoms with E-state index >= 15 is 0 Å². The summed E-state index contributed by atoms with van der Waals surface area (Å²) in [5.74, 6) is 2.48. The van der Waals surface area contributed by atoms with Crippen LogP contribution in [0.15, 0.2) is 31.0 Å². The molecule has 0 aromatic heterocycles. The molecule has 2 aromatic carbocycles. The second-order valence-corrected chi connectivity index (χ2v) is 10.8. The molecule has 1 N–H and O–H groups in total. The van der Waals surface area contributed by atoms with Crippen LogP contribution in [-0.2, 0) is 16.0 Å². The van der Waals surface area contributed by atoms with E-state index in [0.717, 1.165) is 16.7 Å². The largest absolute Gasteiger partial charge is 0.504 e. The summed E-state index contributed by atoms with van der Waals surface area (Å²) in [6.45, 7) is 12.0. The van der Waals surface area contributed by atoms with Gasteiger partial charge in [0.1, 0.15) is 18.1 Å². The van der Waals surface area contributed by atoms with Crippen molar-refractivity contribution < 1.29 is 38.3 Å². The molecule has 3 aliphatic rings. The van der Waals surface area contributed by atoms with E-state index in [1.807, 2.05) is 31.9 Å². The Bertz CT molecular complexity index is 1510. The molecule has 10 nitrogen and oxygen atoms in total. The number of benzene rings is 2. The first-order chi connectivity index (χ1) is 20.7. The molecule has 230 valence electrons. The molecule has 5 rings (SSSR count). The smallest absolute Gasteiger partial charge is 0.245 e. The number of hydrogen-bond donors (Lipinski definition) is 1. The van der Waals surface area contributed by atoms with Crippen LogP contribution in [0.5, 0.6) is 34.5 Å². The highest BCUT2D eigenvalue weighted by molar-refractivity contribution is 5.91. The van der Waals surface area contributed by atoms with E-state index < -0.39 is 18.1 Å². The topological polar surface area (TPSA) is 99.2 Å². The summed E-state index contributed by atoms with van der Waals surface area (Å²) in [5.41, 5.74) is 4.99. The van der Waals surface area contributed by atoms with Gasteiger partial charge >= 0.3 is 0 Å². The van der Waals surface area contributed by atoms with Gasteiger partial charge in [-0.1, -0.05) is 18.7 Å². The summed E-state index contributed by atoms with van der Waals surface area (Å²) < 4.78 is 35.6. The first kappa shape index (κ1) is 30.3. The van der Waals surface area contributed by atoms with Crippen LogP contribution in [0.4, 0.5) is 0 Å². The fourth-order valence-corrected chi connectivity index (χ4v) is 6.97. The van der Waals surface area contributed by atoms with Gasteiger partial charge in [0, 0.05) is 45.5 Å². The Kier molecular flexibility index (Phi) is 8.36. The first-order valence-electron chi connectivity index (χ1n) is 14.2. The van der Waals surface area contributed by atoms with Crippen molar-refractivity contribution in [3.05, 3.63) is 64.4 Å². The molecule has 0 spiro atoms. The number of nitrogens with zero attached hydrogens (tertiary/aromatic N) is 2. The monoisotopic (exact) mass is 592 g/mol. The Morgan fingerprint density at radius 2 is 1.53 bits per heavy atom. The van der Waals surface area contributed by atoms with Crippen molar-refractivity contribution in [3.8, 4) is 34.5 Å². The van der Waals surface area contributed by atoms with Crippen LogP contribution in [0.25, 0.3) is 6.08 Å². The van der Waals surface area contributed by atoms with Crippen LogP contribution in [-0.4, -0.2) is 82.2 Å². The SMILES string of the molecule is C=CCOC[C@H]1c2c(c(OC)c(C)c(OC)c2OCC=C)C=C2[C@H]3c4c(O)c(OC)c(C)c(OC)c4C[C@@H](C(=O)N21)N3C. The number of carbonyl (C=O) groups excluding carboxylic acids is 1. The molecule has 0 radical (unpaired) electrons. The van der Waals surface area contributed by atoms with Crippen LogP contribution >= 0.6 is 0 Å². The third kappa shape index (κ3) is 4.42.